The Morgan fingerprint density at radius 1 is 1.15 bits per heavy atom. The maximum atomic E-state index is 12.2. The zero-order chi connectivity index (χ0) is 14.4. The summed E-state index contributed by atoms with van der Waals surface area (Å²) in [6.07, 6.45) is 10.9. The second-order valence-electron chi connectivity index (χ2n) is 5.59. The van der Waals surface area contributed by atoms with E-state index in [1.165, 1.54) is 25.7 Å². The first-order valence-corrected chi connectivity index (χ1v) is 7.47. The van der Waals surface area contributed by atoms with Crippen molar-refractivity contribution in [2.75, 3.05) is 12.8 Å². The molecule has 0 radical (unpaired) electrons. The van der Waals surface area contributed by atoms with Gasteiger partial charge < -0.3 is 10.6 Å². The normalized spacial score (nSPS) is 17.1. The second-order valence-corrected chi connectivity index (χ2v) is 5.59. The van der Waals surface area contributed by atoms with Gasteiger partial charge in [-0.15, -0.1) is 0 Å². The molecule has 0 heterocycles. The van der Waals surface area contributed by atoms with E-state index < -0.39 is 0 Å². The monoisotopic (exact) mass is 272 g/mol. The molecule has 0 unspecified atom stereocenters. The summed E-state index contributed by atoms with van der Waals surface area (Å²) in [5, 5.41) is 0. The molecular formula is C17H24N2O. The molecule has 2 N–H and O–H groups in total. The van der Waals surface area contributed by atoms with Crippen LogP contribution in [0.25, 0.3) is 6.08 Å². The molecule has 1 saturated carbocycles. The van der Waals surface area contributed by atoms with Crippen LogP contribution in [0.4, 0.5) is 5.69 Å². The maximum absolute atomic E-state index is 12.2. The van der Waals surface area contributed by atoms with E-state index in [1.54, 1.807) is 6.08 Å². The highest BCUT2D eigenvalue weighted by Crippen LogP contribution is 2.21. The SMILES string of the molecule is CN(C(=O)/C=C/c1ccc(N)cc1)C1CCCCCC1. The highest BCUT2D eigenvalue weighted by Gasteiger charge is 2.19. The summed E-state index contributed by atoms with van der Waals surface area (Å²) in [4.78, 5) is 14.1. The van der Waals surface area contributed by atoms with Crippen molar-refractivity contribution in [3.8, 4) is 0 Å². The summed E-state index contributed by atoms with van der Waals surface area (Å²) in [6.45, 7) is 0. The van der Waals surface area contributed by atoms with Crippen LogP contribution in [0.3, 0.4) is 0 Å². The lowest BCUT2D eigenvalue weighted by Crippen LogP contribution is -2.35. The number of likely N-dealkylation sites (N-methyl/N-ethyl adjacent to an activating group) is 1. The van der Waals surface area contributed by atoms with Gasteiger partial charge in [-0.1, -0.05) is 37.8 Å². The van der Waals surface area contributed by atoms with Gasteiger partial charge in [0.1, 0.15) is 0 Å². The fourth-order valence-electron chi connectivity index (χ4n) is 2.72. The van der Waals surface area contributed by atoms with Crippen molar-refractivity contribution in [1.82, 2.24) is 4.90 Å². The summed E-state index contributed by atoms with van der Waals surface area (Å²) in [5.74, 6) is 0.0914. The van der Waals surface area contributed by atoms with E-state index in [4.69, 9.17) is 5.73 Å². The molecule has 0 spiro atoms. The highest BCUT2D eigenvalue weighted by molar-refractivity contribution is 5.91. The smallest absolute Gasteiger partial charge is 0.246 e. The van der Waals surface area contributed by atoms with E-state index in [-0.39, 0.29) is 5.91 Å². The van der Waals surface area contributed by atoms with Gasteiger partial charge in [-0.2, -0.15) is 0 Å². The Morgan fingerprint density at radius 2 is 1.75 bits per heavy atom. The number of nitrogen functional groups attached to an aromatic ring is 1. The van der Waals surface area contributed by atoms with E-state index in [1.807, 2.05) is 42.3 Å². The molecule has 2 rings (SSSR count). The Labute approximate surface area is 121 Å². The molecule has 0 atom stereocenters. The van der Waals surface area contributed by atoms with Crippen molar-refractivity contribution in [1.29, 1.82) is 0 Å². The molecule has 0 aromatic heterocycles. The molecule has 0 bridgehead atoms. The van der Waals surface area contributed by atoms with Crippen LogP contribution in [0, 0.1) is 0 Å². The number of rotatable bonds is 3. The summed E-state index contributed by atoms with van der Waals surface area (Å²) in [7, 11) is 1.92. The van der Waals surface area contributed by atoms with Crippen molar-refractivity contribution in [3.05, 3.63) is 35.9 Å². The Balaban J connectivity index is 1.94. The van der Waals surface area contributed by atoms with Crippen LogP contribution >= 0.6 is 0 Å². The second kappa shape index (κ2) is 7.13. The fraction of sp³-hybridized carbons (Fsp3) is 0.471. The lowest BCUT2D eigenvalue weighted by atomic mass is 10.1. The predicted molar refractivity (Wildman–Crippen MR) is 84.1 cm³/mol. The third kappa shape index (κ3) is 4.12. The first-order chi connectivity index (χ1) is 9.66. The number of hydrogen-bond donors (Lipinski definition) is 1. The molecule has 1 amide bonds. The molecular weight excluding hydrogens is 248 g/mol. The number of anilines is 1. The van der Waals surface area contributed by atoms with Gasteiger partial charge in [-0.25, -0.2) is 0 Å². The van der Waals surface area contributed by atoms with Crippen molar-refractivity contribution in [2.24, 2.45) is 0 Å². The molecule has 1 aliphatic carbocycles. The Kier molecular flexibility index (Phi) is 5.22. The lowest BCUT2D eigenvalue weighted by Gasteiger charge is -2.26. The molecule has 0 aliphatic heterocycles. The Hall–Kier alpha value is -1.77. The number of carbonyl (C=O) groups excluding carboxylic acids is 1. The van der Waals surface area contributed by atoms with Crippen LogP contribution in [0.2, 0.25) is 0 Å². The van der Waals surface area contributed by atoms with Crippen LogP contribution in [0.1, 0.15) is 44.1 Å². The third-order valence-electron chi connectivity index (χ3n) is 4.07. The van der Waals surface area contributed by atoms with Gasteiger partial charge in [0.25, 0.3) is 0 Å². The minimum Gasteiger partial charge on any atom is -0.399 e. The van der Waals surface area contributed by atoms with E-state index in [9.17, 15) is 4.79 Å². The van der Waals surface area contributed by atoms with Gasteiger partial charge in [0.2, 0.25) is 5.91 Å². The van der Waals surface area contributed by atoms with Crippen molar-refractivity contribution in [2.45, 2.75) is 44.6 Å². The minimum atomic E-state index is 0.0914. The van der Waals surface area contributed by atoms with E-state index >= 15 is 0 Å². The van der Waals surface area contributed by atoms with Gasteiger partial charge in [-0.3, -0.25) is 4.79 Å². The largest absolute Gasteiger partial charge is 0.399 e. The Morgan fingerprint density at radius 3 is 2.35 bits per heavy atom. The quantitative estimate of drug-likeness (QED) is 0.520. The van der Waals surface area contributed by atoms with Gasteiger partial charge >= 0.3 is 0 Å². The molecule has 1 aliphatic rings. The number of nitrogens with zero attached hydrogens (tertiary/aromatic N) is 1. The van der Waals surface area contributed by atoms with E-state index in [0.717, 1.165) is 24.1 Å². The average molecular weight is 272 g/mol. The van der Waals surface area contributed by atoms with Gasteiger partial charge in [0, 0.05) is 24.9 Å². The predicted octanol–water partition coefficient (Wildman–Crippen LogP) is 3.46. The third-order valence-corrected chi connectivity index (χ3v) is 4.07. The average Bonchev–Trinajstić information content (AvgIpc) is 2.74. The van der Waals surface area contributed by atoms with Crippen molar-refractivity contribution in [3.63, 3.8) is 0 Å². The first kappa shape index (κ1) is 14.6. The molecule has 20 heavy (non-hydrogen) atoms. The summed E-state index contributed by atoms with van der Waals surface area (Å²) in [6, 6.07) is 7.94. The molecule has 3 heteroatoms. The van der Waals surface area contributed by atoms with Crippen LogP contribution in [-0.2, 0) is 4.79 Å². The number of amides is 1. The van der Waals surface area contributed by atoms with Crippen molar-refractivity contribution < 1.29 is 4.79 Å². The molecule has 108 valence electrons. The standard InChI is InChI=1S/C17H24N2O/c1-19(16-6-4-2-3-5-7-16)17(20)13-10-14-8-11-15(18)12-9-14/h8-13,16H,2-7,18H2,1H3/b13-10+. The van der Waals surface area contributed by atoms with E-state index in [0.29, 0.717) is 6.04 Å². The molecule has 0 saturated heterocycles. The first-order valence-electron chi connectivity index (χ1n) is 7.47. The summed E-state index contributed by atoms with van der Waals surface area (Å²) in [5.41, 5.74) is 7.39. The molecule has 1 aromatic rings. The topological polar surface area (TPSA) is 46.3 Å². The van der Waals surface area contributed by atoms with Gasteiger partial charge in [0.05, 0.1) is 0 Å². The zero-order valence-electron chi connectivity index (χ0n) is 12.2. The number of hydrogen-bond acceptors (Lipinski definition) is 2. The van der Waals surface area contributed by atoms with E-state index in [2.05, 4.69) is 0 Å². The maximum Gasteiger partial charge on any atom is 0.246 e. The Bertz CT molecular complexity index is 456. The number of benzene rings is 1. The molecule has 3 nitrogen and oxygen atoms in total. The minimum absolute atomic E-state index is 0.0914. The summed E-state index contributed by atoms with van der Waals surface area (Å²) >= 11 is 0. The number of carbonyl (C=O) groups is 1. The zero-order valence-corrected chi connectivity index (χ0v) is 12.2. The van der Waals surface area contributed by atoms with Crippen LogP contribution in [-0.4, -0.2) is 23.9 Å². The van der Waals surface area contributed by atoms with Crippen LogP contribution in [0.5, 0.6) is 0 Å². The molecule has 1 fully saturated rings. The van der Waals surface area contributed by atoms with Crippen LogP contribution < -0.4 is 5.73 Å². The highest BCUT2D eigenvalue weighted by atomic mass is 16.2. The summed E-state index contributed by atoms with van der Waals surface area (Å²) < 4.78 is 0. The van der Waals surface area contributed by atoms with Gasteiger partial charge in [-0.05, 0) is 36.6 Å². The van der Waals surface area contributed by atoms with Crippen molar-refractivity contribution >= 4 is 17.7 Å². The fourth-order valence-corrected chi connectivity index (χ4v) is 2.72. The van der Waals surface area contributed by atoms with Gasteiger partial charge in [0.15, 0.2) is 0 Å². The molecule has 1 aromatic carbocycles. The lowest BCUT2D eigenvalue weighted by molar-refractivity contribution is -0.126. The number of nitrogens with two attached hydrogens (primary N) is 1. The van der Waals surface area contributed by atoms with Crippen LogP contribution in [0.15, 0.2) is 30.3 Å².